The van der Waals surface area contributed by atoms with Crippen molar-refractivity contribution >= 4 is 33.3 Å². The van der Waals surface area contributed by atoms with E-state index in [4.69, 9.17) is 16.3 Å². The van der Waals surface area contributed by atoms with Crippen molar-refractivity contribution in [3.63, 3.8) is 0 Å². The second kappa shape index (κ2) is 8.35. The molecule has 6 nitrogen and oxygen atoms in total. The lowest BCUT2D eigenvalue weighted by Crippen LogP contribution is -2.45. The molecular formula is C17H21ClFNO5S. The molecule has 9 heteroatoms. The van der Waals surface area contributed by atoms with E-state index in [0.29, 0.717) is 13.0 Å². The Bertz CT molecular complexity index is 796. The minimum absolute atomic E-state index is 0.0348. The van der Waals surface area contributed by atoms with Crippen molar-refractivity contribution in [1.29, 1.82) is 0 Å². The highest BCUT2D eigenvalue weighted by atomic mass is 35.5. The number of nitrogens with zero attached hydrogens (tertiary/aromatic N) is 1. The van der Waals surface area contributed by atoms with Crippen molar-refractivity contribution in [3.8, 4) is 0 Å². The van der Waals surface area contributed by atoms with Gasteiger partial charge in [-0.1, -0.05) is 25.4 Å². The maximum atomic E-state index is 13.7. The molecule has 0 bridgehead atoms. The predicted octanol–water partition coefficient (Wildman–Crippen LogP) is 2.31. The lowest BCUT2D eigenvalue weighted by atomic mass is 10.1. The SMILES string of the molecule is CC(C)CN(C(=O)COC(=O)c1cc(Cl)ccc1F)C1CCS(=O)(=O)C1. The topological polar surface area (TPSA) is 80.8 Å². The Morgan fingerprint density at radius 3 is 2.65 bits per heavy atom. The highest BCUT2D eigenvalue weighted by Gasteiger charge is 2.35. The van der Waals surface area contributed by atoms with Crippen molar-refractivity contribution in [2.24, 2.45) is 5.92 Å². The smallest absolute Gasteiger partial charge is 0.341 e. The van der Waals surface area contributed by atoms with Gasteiger partial charge in [-0.05, 0) is 30.5 Å². The number of esters is 1. The molecule has 1 saturated heterocycles. The van der Waals surface area contributed by atoms with Crippen molar-refractivity contribution in [2.45, 2.75) is 26.3 Å². The van der Waals surface area contributed by atoms with E-state index in [0.717, 1.165) is 12.1 Å². The van der Waals surface area contributed by atoms with Gasteiger partial charge in [-0.25, -0.2) is 17.6 Å². The number of carbonyl (C=O) groups is 2. The fraction of sp³-hybridized carbons (Fsp3) is 0.529. The lowest BCUT2D eigenvalue weighted by molar-refractivity contribution is -0.137. The van der Waals surface area contributed by atoms with Crippen molar-refractivity contribution < 1.29 is 27.1 Å². The van der Waals surface area contributed by atoms with Crippen LogP contribution in [0.5, 0.6) is 0 Å². The zero-order chi connectivity index (χ0) is 19.5. The van der Waals surface area contributed by atoms with Crippen LogP contribution in [0.15, 0.2) is 18.2 Å². The number of ether oxygens (including phenoxy) is 1. The Morgan fingerprint density at radius 2 is 2.08 bits per heavy atom. The van der Waals surface area contributed by atoms with Gasteiger partial charge in [0.15, 0.2) is 16.4 Å². The van der Waals surface area contributed by atoms with Gasteiger partial charge in [0.05, 0.1) is 17.1 Å². The Balaban J connectivity index is 2.05. The third-order valence-corrected chi connectivity index (χ3v) is 5.99. The average molecular weight is 406 g/mol. The standard InChI is InChI=1S/C17H21ClFNO5S/c1-11(2)8-20(13-5-6-26(23,24)10-13)16(21)9-25-17(22)14-7-12(18)3-4-15(14)19/h3-4,7,11,13H,5-6,8-10H2,1-2H3. The molecule has 1 aliphatic heterocycles. The Labute approximate surface area is 157 Å². The average Bonchev–Trinajstić information content (AvgIpc) is 2.91. The van der Waals surface area contributed by atoms with Crippen LogP contribution in [-0.2, 0) is 19.4 Å². The Hall–Kier alpha value is -1.67. The monoisotopic (exact) mass is 405 g/mol. The zero-order valence-electron chi connectivity index (χ0n) is 14.6. The molecule has 1 aromatic carbocycles. The number of sulfone groups is 1. The first kappa shape index (κ1) is 20.6. The van der Waals surface area contributed by atoms with Gasteiger partial charge in [0.1, 0.15) is 5.82 Å². The lowest BCUT2D eigenvalue weighted by Gasteiger charge is -2.29. The summed E-state index contributed by atoms with van der Waals surface area (Å²) in [4.78, 5) is 25.9. The fourth-order valence-electron chi connectivity index (χ4n) is 2.81. The number of hydrogen-bond acceptors (Lipinski definition) is 5. The molecule has 0 aromatic heterocycles. The van der Waals surface area contributed by atoms with Crippen LogP contribution in [-0.4, -0.2) is 55.9 Å². The molecule has 1 atom stereocenters. The van der Waals surface area contributed by atoms with E-state index < -0.39 is 40.2 Å². The van der Waals surface area contributed by atoms with E-state index in [1.54, 1.807) is 0 Å². The van der Waals surface area contributed by atoms with E-state index in [2.05, 4.69) is 0 Å². The first-order chi connectivity index (χ1) is 12.1. The van der Waals surface area contributed by atoms with Gasteiger partial charge in [-0.2, -0.15) is 0 Å². The van der Waals surface area contributed by atoms with Gasteiger partial charge in [0, 0.05) is 17.6 Å². The summed E-state index contributed by atoms with van der Waals surface area (Å²) in [6.45, 7) is 3.56. The maximum absolute atomic E-state index is 13.7. The van der Waals surface area contributed by atoms with Gasteiger partial charge < -0.3 is 9.64 Å². The molecule has 1 heterocycles. The molecule has 0 N–H and O–H groups in total. The van der Waals surface area contributed by atoms with Gasteiger partial charge in [-0.3, -0.25) is 4.79 Å². The normalized spacial score (nSPS) is 18.7. The van der Waals surface area contributed by atoms with Gasteiger partial charge in [-0.15, -0.1) is 0 Å². The first-order valence-corrected chi connectivity index (χ1v) is 10.4. The molecular weight excluding hydrogens is 385 g/mol. The minimum atomic E-state index is -3.16. The number of rotatable bonds is 6. The molecule has 0 radical (unpaired) electrons. The van der Waals surface area contributed by atoms with Crippen molar-refractivity contribution in [1.82, 2.24) is 4.90 Å². The Morgan fingerprint density at radius 1 is 1.38 bits per heavy atom. The fourth-order valence-corrected chi connectivity index (χ4v) is 4.71. The van der Waals surface area contributed by atoms with Crippen LogP contribution in [0.3, 0.4) is 0 Å². The van der Waals surface area contributed by atoms with Crippen LogP contribution in [0.25, 0.3) is 0 Å². The molecule has 1 aromatic rings. The molecule has 0 saturated carbocycles. The Kier molecular flexibility index (Phi) is 6.63. The van der Waals surface area contributed by atoms with Crippen LogP contribution < -0.4 is 0 Å². The summed E-state index contributed by atoms with van der Waals surface area (Å²) in [6, 6.07) is 3.02. The molecule has 2 rings (SSSR count). The highest BCUT2D eigenvalue weighted by Crippen LogP contribution is 2.20. The zero-order valence-corrected chi connectivity index (χ0v) is 16.1. The number of halogens is 2. The van der Waals surface area contributed by atoms with Gasteiger partial charge >= 0.3 is 5.97 Å². The molecule has 1 amide bonds. The van der Waals surface area contributed by atoms with Gasteiger partial charge in [0.2, 0.25) is 0 Å². The summed E-state index contributed by atoms with van der Waals surface area (Å²) in [6.07, 6.45) is 0.359. The molecule has 0 aliphatic carbocycles. The number of amides is 1. The first-order valence-electron chi connectivity index (χ1n) is 8.21. The summed E-state index contributed by atoms with van der Waals surface area (Å²) < 4.78 is 42.0. The van der Waals surface area contributed by atoms with E-state index >= 15 is 0 Å². The third-order valence-electron chi connectivity index (χ3n) is 4.01. The molecule has 1 unspecified atom stereocenters. The van der Waals surface area contributed by atoms with Crippen LogP contribution in [0.1, 0.15) is 30.6 Å². The maximum Gasteiger partial charge on any atom is 0.341 e. The summed E-state index contributed by atoms with van der Waals surface area (Å²) in [5.41, 5.74) is -0.357. The van der Waals surface area contributed by atoms with Crippen LogP contribution in [0.4, 0.5) is 4.39 Å². The van der Waals surface area contributed by atoms with Crippen molar-refractivity contribution in [2.75, 3.05) is 24.7 Å². The van der Waals surface area contributed by atoms with Gasteiger partial charge in [0.25, 0.3) is 5.91 Å². The molecule has 1 aliphatic rings. The highest BCUT2D eigenvalue weighted by molar-refractivity contribution is 7.91. The predicted molar refractivity (Wildman–Crippen MR) is 95.3 cm³/mol. The molecule has 144 valence electrons. The van der Waals surface area contributed by atoms with Crippen LogP contribution in [0.2, 0.25) is 5.02 Å². The van der Waals surface area contributed by atoms with E-state index in [-0.39, 0.29) is 28.0 Å². The summed E-state index contributed by atoms with van der Waals surface area (Å²) in [5, 5.41) is 0.169. The number of benzene rings is 1. The van der Waals surface area contributed by atoms with E-state index in [9.17, 15) is 22.4 Å². The summed E-state index contributed by atoms with van der Waals surface area (Å²) >= 11 is 5.74. The largest absolute Gasteiger partial charge is 0.452 e. The van der Waals surface area contributed by atoms with E-state index in [1.807, 2.05) is 13.8 Å². The molecule has 1 fully saturated rings. The van der Waals surface area contributed by atoms with E-state index in [1.165, 1.54) is 11.0 Å². The second-order valence-electron chi connectivity index (χ2n) is 6.70. The number of carbonyl (C=O) groups excluding carboxylic acids is 2. The summed E-state index contributed by atoms with van der Waals surface area (Å²) in [5.74, 6) is -2.25. The second-order valence-corrected chi connectivity index (χ2v) is 9.36. The molecule has 0 spiro atoms. The minimum Gasteiger partial charge on any atom is -0.452 e. The summed E-state index contributed by atoms with van der Waals surface area (Å²) in [7, 11) is -3.16. The van der Waals surface area contributed by atoms with Crippen LogP contribution >= 0.6 is 11.6 Å². The van der Waals surface area contributed by atoms with Crippen LogP contribution in [0, 0.1) is 11.7 Å². The third kappa shape index (κ3) is 5.41. The van der Waals surface area contributed by atoms with Crippen molar-refractivity contribution in [3.05, 3.63) is 34.6 Å². The number of hydrogen-bond donors (Lipinski definition) is 0. The molecule has 26 heavy (non-hydrogen) atoms. The quantitative estimate of drug-likeness (QED) is 0.678.